The molecule has 0 atom stereocenters. The molecule has 0 radical (unpaired) electrons. The molecule has 1 fully saturated rings. The van der Waals surface area contributed by atoms with Crippen LogP contribution in [-0.4, -0.2) is 11.4 Å². The first-order valence-corrected chi connectivity index (χ1v) is 5.59. The van der Waals surface area contributed by atoms with Gasteiger partial charge in [-0.05, 0) is 36.5 Å². The first kappa shape index (κ1) is 13.0. The van der Waals surface area contributed by atoms with Crippen LogP contribution in [0.3, 0.4) is 0 Å². The molecule has 0 amide bonds. The molecule has 0 aliphatic heterocycles. The largest absolute Gasteiger partial charge is 0.507 e. The summed E-state index contributed by atoms with van der Waals surface area (Å²) < 4.78 is 0. The predicted octanol–water partition coefficient (Wildman–Crippen LogP) is 3.67. The Morgan fingerprint density at radius 3 is 2.50 bits per heavy atom. The summed E-state index contributed by atoms with van der Waals surface area (Å²) in [5.41, 5.74) is 1.62. The number of carbonyl (C=O) groups is 1. The molecule has 0 bridgehead atoms. The monoisotopic (exact) mass is 240 g/mol. The number of phenolic OH excluding ortho intramolecular Hbond substituents is 1. The predicted molar refractivity (Wildman–Crippen MR) is 66.6 cm³/mol. The van der Waals surface area contributed by atoms with Crippen LogP contribution in [0.2, 0.25) is 0 Å². The van der Waals surface area contributed by atoms with Gasteiger partial charge < -0.3 is 5.11 Å². The molecule has 2 rings (SSSR count). The van der Waals surface area contributed by atoms with Crippen molar-refractivity contribution in [3.05, 3.63) is 29.3 Å². The summed E-state index contributed by atoms with van der Waals surface area (Å²) in [5, 5.41) is 9.40. The van der Waals surface area contributed by atoms with Gasteiger partial charge in [-0.1, -0.05) is 25.3 Å². The van der Waals surface area contributed by atoms with E-state index in [0.29, 0.717) is 11.5 Å². The number of aromatic hydroxyl groups is 1. The van der Waals surface area contributed by atoms with Gasteiger partial charge in [-0.15, -0.1) is 12.4 Å². The molecule has 1 N–H and O–H groups in total. The topological polar surface area (TPSA) is 37.3 Å². The summed E-state index contributed by atoms with van der Waals surface area (Å²) in [4.78, 5) is 10.7. The van der Waals surface area contributed by atoms with E-state index in [0.717, 1.165) is 6.29 Å². The Morgan fingerprint density at radius 1 is 1.19 bits per heavy atom. The lowest BCUT2D eigenvalue weighted by atomic mass is 9.83. The quantitative estimate of drug-likeness (QED) is 0.801. The highest BCUT2D eigenvalue weighted by molar-refractivity contribution is 5.85. The molecule has 0 spiro atoms. The molecule has 0 aromatic heterocycles. The van der Waals surface area contributed by atoms with Crippen LogP contribution in [0.5, 0.6) is 5.75 Å². The number of aldehydes is 1. The average Bonchev–Trinajstić information content (AvgIpc) is 2.31. The van der Waals surface area contributed by atoms with Gasteiger partial charge in [0.1, 0.15) is 5.75 Å². The van der Waals surface area contributed by atoms with Crippen LogP contribution in [0.1, 0.15) is 53.9 Å². The van der Waals surface area contributed by atoms with Crippen molar-refractivity contribution in [3.8, 4) is 5.75 Å². The molecule has 0 heterocycles. The van der Waals surface area contributed by atoms with E-state index in [-0.39, 0.29) is 18.2 Å². The van der Waals surface area contributed by atoms with Gasteiger partial charge in [-0.3, -0.25) is 4.79 Å². The zero-order chi connectivity index (χ0) is 10.7. The van der Waals surface area contributed by atoms with E-state index in [2.05, 4.69) is 0 Å². The summed E-state index contributed by atoms with van der Waals surface area (Å²) in [6.07, 6.45) is 7.03. The molecule has 0 unspecified atom stereocenters. The first-order chi connectivity index (χ1) is 7.31. The summed E-state index contributed by atoms with van der Waals surface area (Å²) in [7, 11) is 0. The van der Waals surface area contributed by atoms with Gasteiger partial charge in [0.25, 0.3) is 0 Å². The van der Waals surface area contributed by atoms with Crippen LogP contribution in [0.4, 0.5) is 0 Å². The molecular weight excluding hydrogens is 224 g/mol. The minimum atomic E-state index is 0. The maximum Gasteiger partial charge on any atom is 0.153 e. The van der Waals surface area contributed by atoms with Gasteiger partial charge in [0.05, 0.1) is 5.56 Å². The fraction of sp³-hybridized carbons (Fsp3) is 0.462. The SMILES string of the molecule is Cl.O=Cc1cc(C2CCCCC2)ccc1O. The molecule has 2 nitrogen and oxygen atoms in total. The van der Waals surface area contributed by atoms with Crippen LogP contribution in [0.25, 0.3) is 0 Å². The Kier molecular flexibility index (Phi) is 4.81. The molecule has 88 valence electrons. The lowest BCUT2D eigenvalue weighted by molar-refractivity contribution is 0.112. The van der Waals surface area contributed by atoms with E-state index in [4.69, 9.17) is 0 Å². The third-order valence-corrected chi connectivity index (χ3v) is 3.26. The number of phenols is 1. The minimum Gasteiger partial charge on any atom is -0.507 e. The maximum atomic E-state index is 10.7. The lowest BCUT2D eigenvalue weighted by Gasteiger charge is -2.22. The lowest BCUT2D eigenvalue weighted by Crippen LogP contribution is -2.04. The number of rotatable bonds is 2. The Hall–Kier alpha value is -1.02. The van der Waals surface area contributed by atoms with E-state index in [9.17, 15) is 9.90 Å². The van der Waals surface area contributed by atoms with E-state index >= 15 is 0 Å². The first-order valence-electron chi connectivity index (χ1n) is 5.59. The van der Waals surface area contributed by atoms with Gasteiger partial charge in [0.15, 0.2) is 6.29 Å². The number of hydrogen-bond acceptors (Lipinski definition) is 2. The zero-order valence-electron chi connectivity index (χ0n) is 9.19. The van der Waals surface area contributed by atoms with Gasteiger partial charge >= 0.3 is 0 Å². The highest BCUT2D eigenvalue weighted by atomic mass is 35.5. The number of benzene rings is 1. The van der Waals surface area contributed by atoms with Crippen LogP contribution >= 0.6 is 12.4 Å². The van der Waals surface area contributed by atoms with Crippen molar-refractivity contribution in [2.24, 2.45) is 0 Å². The number of hydrogen-bond donors (Lipinski definition) is 1. The minimum absolute atomic E-state index is 0. The van der Waals surface area contributed by atoms with E-state index in [1.807, 2.05) is 12.1 Å². The second kappa shape index (κ2) is 5.90. The van der Waals surface area contributed by atoms with Crippen molar-refractivity contribution in [3.63, 3.8) is 0 Å². The Balaban J connectivity index is 0.00000128. The average molecular weight is 241 g/mol. The number of carbonyl (C=O) groups excluding carboxylic acids is 1. The maximum absolute atomic E-state index is 10.7. The van der Waals surface area contributed by atoms with E-state index < -0.39 is 0 Å². The van der Waals surface area contributed by atoms with Crippen molar-refractivity contribution in [1.29, 1.82) is 0 Å². The zero-order valence-corrected chi connectivity index (χ0v) is 10.0. The van der Waals surface area contributed by atoms with Crippen molar-refractivity contribution >= 4 is 18.7 Å². The summed E-state index contributed by atoms with van der Waals surface area (Å²) in [6, 6.07) is 5.41. The van der Waals surface area contributed by atoms with Crippen molar-refractivity contribution < 1.29 is 9.90 Å². The molecule has 1 aromatic carbocycles. The third-order valence-electron chi connectivity index (χ3n) is 3.26. The fourth-order valence-electron chi connectivity index (χ4n) is 2.36. The second-order valence-corrected chi connectivity index (χ2v) is 4.27. The Morgan fingerprint density at radius 2 is 1.88 bits per heavy atom. The van der Waals surface area contributed by atoms with Gasteiger partial charge in [0, 0.05) is 0 Å². The van der Waals surface area contributed by atoms with Gasteiger partial charge in [0.2, 0.25) is 0 Å². The molecule has 0 saturated heterocycles. The fourth-order valence-corrected chi connectivity index (χ4v) is 2.36. The molecule has 16 heavy (non-hydrogen) atoms. The molecule has 3 heteroatoms. The van der Waals surface area contributed by atoms with Crippen LogP contribution in [0, 0.1) is 0 Å². The second-order valence-electron chi connectivity index (χ2n) is 4.27. The van der Waals surface area contributed by atoms with Crippen molar-refractivity contribution in [2.45, 2.75) is 38.0 Å². The Bertz CT molecular complexity index is 357. The van der Waals surface area contributed by atoms with E-state index in [1.54, 1.807) is 6.07 Å². The van der Waals surface area contributed by atoms with Gasteiger partial charge in [-0.25, -0.2) is 0 Å². The van der Waals surface area contributed by atoms with E-state index in [1.165, 1.54) is 37.7 Å². The normalized spacial score (nSPS) is 16.5. The number of halogens is 1. The highest BCUT2D eigenvalue weighted by Gasteiger charge is 2.16. The summed E-state index contributed by atoms with van der Waals surface area (Å²) >= 11 is 0. The van der Waals surface area contributed by atoms with Crippen molar-refractivity contribution in [2.75, 3.05) is 0 Å². The van der Waals surface area contributed by atoms with Crippen LogP contribution < -0.4 is 0 Å². The van der Waals surface area contributed by atoms with Crippen LogP contribution in [-0.2, 0) is 0 Å². The molecule has 1 aliphatic carbocycles. The van der Waals surface area contributed by atoms with Crippen molar-refractivity contribution in [1.82, 2.24) is 0 Å². The Labute approximate surface area is 102 Å². The third kappa shape index (κ3) is 2.76. The smallest absolute Gasteiger partial charge is 0.153 e. The standard InChI is InChI=1S/C13H16O2.ClH/c14-9-12-8-11(6-7-13(12)15)10-4-2-1-3-5-10;/h6-10,15H,1-5H2;1H. The molecule has 1 saturated carbocycles. The van der Waals surface area contributed by atoms with Crippen LogP contribution in [0.15, 0.2) is 18.2 Å². The summed E-state index contributed by atoms with van der Waals surface area (Å²) in [5.74, 6) is 0.669. The summed E-state index contributed by atoms with van der Waals surface area (Å²) in [6.45, 7) is 0. The highest BCUT2D eigenvalue weighted by Crippen LogP contribution is 2.33. The molecular formula is C13H17ClO2. The molecule has 1 aliphatic rings. The molecule has 1 aromatic rings. The van der Waals surface area contributed by atoms with Gasteiger partial charge in [-0.2, -0.15) is 0 Å².